The molecule has 0 aromatic rings. The fourth-order valence-corrected chi connectivity index (χ4v) is 2.23. The van der Waals surface area contributed by atoms with Gasteiger partial charge in [-0.25, -0.2) is 0 Å². The highest BCUT2D eigenvalue weighted by atomic mass is 16.1. The van der Waals surface area contributed by atoms with Crippen LogP contribution < -0.4 is 0 Å². The van der Waals surface area contributed by atoms with E-state index in [9.17, 15) is 4.79 Å². The zero-order valence-electron chi connectivity index (χ0n) is 11.9. The molecule has 0 saturated carbocycles. The van der Waals surface area contributed by atoms with Crippen LogP contribution in [0.5, 0.6) is 0 Å². The molecule has 0 unspecified atom stereocenters. The van der Waals surface area contributed by atoms with Crippen molar-refractivity contribution in [2.24, 2.45) is 0 Å². The van der Waals surface area contributed by atoms with Gasteiger partial charge in [0.1, 0.15) is 0 Å². The van der Waals surface area contributed by atoms with Crippen LogP contribution in [0.3, 0.4) is 0 Å². The van der Waals surface area contributed by atoms with Gasteiger partial charge in [-0.15, -0.1) is 0 Å². The molecule has 1 aliphatic carbocycles. The van der Waals surface area contributed by atoms with Crippen molar-refractivity contribution < 1.29 is 4.79 Å². The summed E-state index contributed by atoms with van der Waals surface area (Å²) in [5.41, 5.74) is 5.61. The minimum atomic E-state index is 0.0801. The first-order valence-corrected chi connectivity index (χ1v) is 6.39. The Balaban J connectivity index is 2.37. The lowest BCUT2D eigenvalue weighted by atomic mass is 9.91. The predicted octanol–water partition coefficient (Wildman–Crippen LogP) is 3.68. The highest BCUT2D eigenvalue weighted by Gasteiger charge is 2.12. The van der Waals surface area contributed by atoms with Gasteiger partial charge in [0.05, 0.1) is 0 Å². The van der Waals surface area contributed by atoms with E-state index >= 15 is 0 Å². The van der Waals surface area contributed by atoms with E-state index < -0.39 is 0 Å². The summed E-state index contributed by atoms with van der Waals surface area (Å²) in [5, 5.41) is 0. The summed E-state index contributed by atoms with van der Waals surface area (Å²) < 4.78 is 0. The van der Waals surface area contributed by atoms with Crippen LogP contribution in [0, 0.1) is 0 Å². The highest BCUT2D eigenvalue weighted by Crippen LogP contribution is 2.26. The van der Waals surface area contributed by atoms with Gasteiger partial charge in [-0.1, -0.05) is 6.08 Å². The molecule has 2 heteroatoms. The maximum atomic E-state index is 11.4. The maximum Gasteiger partial charge on any atom is 0.179 e. The molecule has 2 aliphatic rings. The number of carbonyl (C=O) groups is 1. The van der Waals surface area contributed by atoms with Crippen LogP contribution in [0.1, 0.15) is 20.8 Å². The van der Waals surface area contributed by atoms with Crippen LogP contribution in [-0.2, 0) is 4.79 Å². The van der Waals surface area contributed by atoms with Gasteiger partial charge >= 0.3 is 0 Å². The van der Waals surface area contributed by atoms with Gasteiger partial charge < -0.3 is 4.90 Å². The van der Waals surface area contributed by atoms with Gasteiger partial charge in [0.25, 0.3) is 0 Å². The minimum absolute atomic E-state index is 0.0801. The molecular weight excluding hydrogens is 234 g/mol. The average molecular weight is 253 g/mol. The molecule has 0 amide bonds. The third-order valence-corrected chi connectivity index (χ3v) is 3.36. The molecule has 0 bridgehead atoms. The van der Waals surface area contributed by atoms with Crippen molar-refractivity contribution in [3.63, 3.8) is 0 Å². The fraction of sp³-hybridized carbons (Fsp3) is 0.235. The van der Waals surface area contributed by atoms with Crippen LogP contribution in [0.25, 0.3) is 0 Å². The normalized spacial score (nSPS) is 18.5. The van der Waals surface area contributed by atoms with Crippen molar-refractivity contribution in [3.05, 3.63) is 70.6 Å². The lowest BCUT2D eigenvalue weighted by Gasteiger charge is -2.16. The molecule has 0 saturated heterocycles. The Kier molecular flexibility index (Phi) is 3.70. The average Bonchev–Trinajstić information content (AvgIpc) is 2.34. The van der Waals surface area contributed by atoms with Crippen LogP contribution in [0.4, 0.5) is 0 Å². The van der Waals surface area contributed by atoms with Crippen molar-refractivity contribution in [2.75, 3.05) is 7.05 Å². The summed E-state index contributed by atoms with van der Waals surface area (Å²) in [6.45, 7) is 6.07. The highest BCUT2D eigenvalue weighted by molar-refractivity contribution is 6.03. The van der Waals surface area contributed by atoms with Gasteiger partial charge in [0.2, 0.25) is 0 Å². The van der Waals surface area contributed by atoms with Crippen molar-refractivity contribution in [1.82, 2.24) is 4.90 Å². The number of nitrogens with zero attached hydrogens (tertiary/aromatic N) is 1. The minimum Gasteiger partial charge on any atom is -0.357 e. The molecule has 1 heterocycles. The molecule has 98 valence electrons. The Labute approximate surface area is 114 Å². The number of ketones is 1. The molecule has 1 aliphatic heterocycles. The number of rotatable bonds is 1. The quantitative estimate of drug-likeness (QED) is 0.710. The van der Waals surface area contributed by atoms with E-state index in [1.807, 2.05) is 38.2 Å². The smallest absolute Gasteiger partial charge is 0.179 e. The van der Waals surface area contributed by atoms with Gasteiger partial charge in [-0.2, -0.15) is 0 Å². The fourth-order valence-electron chi connectivity index (χ4n) is 2.23. The van der Waals surface area contributed by atoms with E-state index in [1.165, 1.54) is 11.1 Å². The van der Waals surface area contributed by atoms with Crippen LogP contribution >= 0.6 is 0 Å². The van der Waals surface area contributed by atoms with Crippen molar-refractivity contribution >= 4 is 5.78 Å². The third-order valence-electron chi connectivity index (χ3n) is 3.36. The van der Waals surface area contributed by atoms with Gasteiger partial charge in [-0.05, 0) is 72.9 Å². The zero-order chi connectivity index (χ0) is 14.0. The molecule has 2 rings (SSSR count). The van der Waals surface area contributed by atoms with Crippen LogP contribution in [-0.4, -0.2) is 17.7 Å². The first-order valence-electron chi connectivity index (χ1n) is 6.39. The molecule has 0 fully saturated rings. The van der Waals surface area contributed by atoms with Gasteiger partial charge in [0.15, 0.2) is 5.78 Å². The Morgan fingerprint density at radius 3 is 2.16 bits per heavy atom. The summed E-state index contributed by atoms with van der Waals surface area (Å²) in [6.07, 6.45) is 13.8. The largest absolute Gasteiger partial charge is 0.357 e. The number of hydrogen-bond donors (Lipinski definition) is 0. The van der Waals surface area contributed by atoms with Gasteiger partial charge in [0, 0.05) is 19.4 Å². The Bertz CT molecular complexity index is 555. The monoisotopic (exact) mass is 253 g/mol. The van der Waals surface area contributed by atoms with E-state index in [4.69, 9.17) is 0 Å². The summed E-state index contributed by atoms with van der Waals surface area (Å²) >= 11 is 0. The predicted molar refractivity (Wildman–Crippen MR) is 79.3 cm³/mol. The van der Waals surface area contributed by atoms with Crippen molar-refractivity contribution in [2.45, 2.75) is 20.8 Å². The SMILES string of the molecule is CC1=CC(=O)C=C(C)C1=CC(C)=C1C=CN(C)C=C1. The lowest BCUT2D eigenvalue weighted by Crippen LogP contribution is -2.04. The van der Waals surface area contributed by atoms with E-state index in [-0.39, 0.29) is 5.78 Å². The lowest BCUT2D eigenvalue weighted by molar-refractivity contribution is -0.110. The first-order chi connectivity index (χ1) is 8.97. The van der Waals surface area contributed by atoms with E-state index in [2.05, 4.69) is 25.2 Å². The number of allylic oxidation sites excluding steroid dienone is 10. The van der Waals surface area contributed by atoms with E-state index in [1.54, 1.807) is 12.2 Å². The Morgan fingerprint density at radius 2 is 1.63 bits per heavy atom. The molecule has 0 aromatic heterocycles. The molecule has 0 radical (unpaired) electrons. The summed E-state index contributed by atoms with van der Waals surface area (Å²) in [7, 11) is 2.00. The second-order valence-electron chi connectivity index (χ2n) is 5.05. The Morgan fingerprint density at radius 1 is 1.11 bits per heavy atom. The van der Waals surface area contributed by atoms with Gasteiger partial charge in [-0.3, -0.25) is 4.79 Å². The molecular formula is C17H19NO. The van der Waals surface area contributed by atoms with Crippen LogP contribution in [0.15, 0.2) is 70.6 Å². The van der Waals surface area contributed by atoms with Crippen molar-refractivity contribution in [3.8, 4) is 0 Å². The molecule has 0 aromatic carbocycles. The topological polar surface area (TPSA) is 20.3 Å². The molecule has 2 nitrogen and oxygen atoms in total. The van der Waals surface area contributed by atoms with E-state index in [0.717, 1.165) is 16.7 Å². The molecule has 0 N–H and O–H groups in total. The number of hydrogen-bond acceptors (Lipinski definition) is 2. The second kappa shape index (κ2) is 5.27. The van der Waals surface area contributed by atoms with E-state index in [0.29, 0.717) is 0 Å². The summed E-state index contributed by atoms with van der Waals surface area (Å²) in [5.74, 6) is 0.0801. The summed E-state index contributed by atoms with van der Waals surface area (Å²) in [6, 6.07) is 0. The second-order valence-corrected chi connectivity index (χ2v) is 5.05. The molecule has 0 spiro atoms. The number of carbonyl (C=O) groups excluding carboxylic acids is 1. The standard InChI is InChI=1S/C17H19NO/c1-12(15-5-7-18(4)8-6-15)11-17-13(2)9-16(19)10-14(17)3/h5-11H,1-4H3. The Hall–Kier alpha value is -2.09. The maximum absolute atomic E-state index is 11.4. The first kappa shape index (κ1) is 13.3. The molecule has 19 heavy (non-hydrogen) atoms. The van der Waals surface area contributed by atoms with Crippen molar-refractivity contribution in [1.29, 1.82) is 0 Å². The summed E-state index contributed by atoms with van der Waals surface area (Å²) in [4.78, 5) is 13.4. The van der Waals surface area contributed by atoms with Crippen LogP contribution in [0.2, 0.25) is 0 Å². The third kappa shape index (κ3) is 3.02. The zero-order valence-corrected chi connectivity index (χ0v) is 11.9. The molecule has 0 atom stereocenters.